The van der Waals surface area contributed by atoms with Crippen molar-refractivity contribution < 1.29 is 127 Å². The number of carbonyl (C=O) groups is 8. The van der Waals surface area contributed by atoms with E-state index >= 15 is 0 Å². The van der Waals surface area contributed by atoms with Crippen LogP contribution >= 0.6 is 12.4 Å². The molecular formula is C92H126ClF5N10O15Y. The molecule has 679 valence electrons. The first kappa shape index (κ1) is 106. The van der Waals surface area contributed by atoms with Gasteiger partial charge in [-0.1, -0.05) is 60.7 Å². The van der Waals surface area contributed by atoms with E-state index in [1.807, 2.05) is 140 Å². The molecule has 0 aliphatic carbocycles. The number of carboxylic acids is 1. The summed E-state index contributed by atoms with van der Waals surface area (Å²) in [6.07, 6.45) is -0.491. The number of amides is 3. The van der Waals surface area contributed by atoms with Crippen LogP contribution in [0, 0.1) is 40.9 Å². The molecule has 1 radical (unpaired) electrons. The molecule has 3 N–H and O–H groups in total. The van der Waals surface area contributed by atoms with E-state index in [4.69, 9.17) is 23.7 Å². The minimum absolute atomic E-state index is 0. The molecule has 4 atom stereocenters. The number of carbonyl (C=O) groups excluding carboxylic acids is 7. The van der Waals surface area contributed by atoms with Crippen molar-refractivity contribution in [3.8, 4) is 0 Å². The number of piperazine rings is 4. The average molecular weight is 1830 g/mol. The monoisotopic (exact) mass is 1830 g/mol. The zero-order chi connectivity index (χ0) is 89.8. The fraction of sp³-hybridized carbons (Fsp3) is 0.522. The van der Waals surface area contributed by atoms with E-state index in [-0.39, 0.29) is 121 Å². The van der Waals surface area contributed by atoms with Crippen LogP contribution in [0.5, 0.6) is 0 Å². The van der Waals surface area contributed by atoms with Gasteiger partial charge in [0.15, 0.2) is 0 Å². The predicted molar refractivity (Wildman–Crippen MR) is 467 cm³/mol. The quantitative estimate of drug-likeness (QED) is 0.0490. The molecule has 0 aromatic heterocycles. The van der Waals surface area contributed by atoms with Crippen LogP contribution in [0.1, 0.15) is 175 Å². The zero-order valence-corrected chi connectivity index (χ0v) is 78.3. The van der Waals surface area contributed by atoms with Gasteiger partial charge in [-0.25, -0.2) is 50.7 Å². The van der Waals surface area contributed by atoms with Crippen molar-refractivity contribution in [2.24, 2.45) is 11.8 Å². The van der Waals surface area contributed by atoms with Gasteiger partial charge in [0.2, 0.25) is 5.91 Å². The molecule has 0 saturated carbocycles. The Balaban J connectivity index is 0.000000275. The molecular weight excluding hydrogens is 1700 g/mol. The topological polar surface area (TPSA) is 262 Å². The summed E-state index contributed by atoms with van der Waals surface area (Å²) in [6.45, 7) is 45.3. The van der Waals surface area contributed by atoms with Crippen molar-refractivity contribution in [3.05, 3.63) is 196 Å². The van der Waals surface area contributed by atoms with Crippen LogP contribution in [0.4, 0.5) is 48.6 Å². The molecule has 6 aliphatic rings. The second-order valence-corrected chi connectivity index (χ2v) is 33.9. The number of para-hydroxylation sites is 3. The molecule has 0 spiro atoms. The standard InChI is InChI=1S/C28H35F2N3O3.C18H26N2O4.C15H19F2NO2.C13H18N2O2.C9H9FO2.C9H18N2O2.ClH.Y/c1-5-36-27(35)21-8-6-7-9-25(21)31-12-14-32(15-13-31)26(34)23-18-33(28(2,3)4)17-22(23)20-11-10-19(29)16-24(20)30;1-5-23-16(21)14-8-6-7-9-15(14)19-10-12-20(13-11-19)17(22)24-18(2,3)4;1-15(2,3)18-7-11(12(8-18)14(19)20)10-5-4-9(16)6-13(10)17;1-2-17-13(16)11-5-3-4-6-12(11)15-9-7-14-8-10-15;1-2-12-9(11)7-5-3-4-6-8(7)10;1-9(2,3)13-8(12)11-6-4-10-5-7-11;;/h6-11,16,22-23H,5,12-15,17-18H2,1-4H3;6-9H,5,10-13H2,1-4H3;4-6,11-12H,7-8H2,1-3H3,(H,19,20);3-6,14H,2,7-10H2,1H3;3-6H,2H2,1H3;10H,4-7H2,1-3H3;1H;/t22-,23?;;11-,12?;;;;;/m0.0...../s1. The summed E-state index contributed by atoms with van der Waals surface area (Å²) in [6, 6.07) is 35.1. The number of hydrogen-bond donors (Lipinski definition) is 3. The molecule has 6 aromatic rings. The molecule has 6 aromatic carbocycles. The van der Waals surface area contributed by atoms with Crippen molar-refractivity contribution in [2.75, 3.05) is 172 Å². The van der Waals surface area contributed by atoms with E-state index in [2.05, 4.69) is 55.7 Å². The van der Waals surface area contributed by atoms with E-state index in [9.17, 15) is 65.4 Å². The number of hydrogen-bond acceptors (Lipinski definition) is 21. The Hall–Kier alpha value is -9.04. The minimum atomic E-state index is -0.939. The summed E-state index contributed by atoms with van der Waals surface area (Å²) in [5, 5.41) is 15.8. The van der Waals surface area contributed by atoms with Gasteiger partial charge in [-0.2, -0.15) is 0 Å². The van der Waals surface area contributed by atoms with Crippen molar-refractivity contribution in [1.29, 1.82) is 0 Å². The Morgan fingerprint density at radius 3 is 1.02 bits per heavy atom. The average Bonchev–Trinajstić information content (AvgIpc) is 1.61. The Morgan fingerprint density at radius 2 is 0.685 bits per heavy atom. The molecule has 6 saturated heterocycles. The Labute approximate surface area is 758 Å². The van der Waals surface area contributed by atoms with Crippen LogP contribution < -0.4 is 25.3 Å². The van der Waals surface area contributed by atoms with Gasteiger partial charge in [-0.3, -0.25) is 19.4 Å². The summed E-state index contributed by atoms with van der Waals surface area (Å²) >= 11 is 0. The molecule has 6 heterocycles. The first-order chi connectivity index (χ1) is 57.7. The van der Waals surface area contributed by atoms with Gasteiger partial charge in [-0.15, -0.1) is 12.4 Å². The fourth-order valence-corrected chi connectivity index (χ4v) is 14.6. The van der Waals surface area contributed by atoms with Crippen molar-refractivity contribution in [3.63, 3.8) is 0 Å². The Bertz CT molecular complexity index is 4450. The summed E-state index contributed by atoms with van der Waals surface area (Å²) in [4.78, 5) is 112. The van der Waals surface area contributed by atoms with Crippen molar-refractivity contribution in [1.82, 2.24) is 35.1 Å². The van der Waals surface area contributed by atoms with Gasteiger partial charge in [0.25, 0.3) is 0 Å². The fourth-order valence-electron chi connectivity index (χ4n) is 14.6. The van der Waals surface area contributed by atoms with Crippen LogP contribution in [0.2, 0.25) is 0 Å². The number of aliphatic carboxylic acids is 1. The number of rotatable bonds is 15. The predicted octanol–water partition coefficient (Wildman–Crippen LogP) is 14.6. The van der Waals surface area contributed by atoms with Gasteiger partial charge in [0.1, 0.15) is 40.3 Å². The Morgan fingerprint density at radius 1 is 0.379 bits per heavy atom. The van der Waals surface area contributed by atoms with Gasteiger partial charge in [-0.05, 0) is 183 Å². The third kappa shape index (κ3) is 31.8. The smallest absolute Gasteiger partial charge is 0.410 e. The first-order valence-corrected chi connectivity index (χ1v) is 41.9. The number of esters is 4. The van der Waals surface area contributed by atoms with E-state index in [0.717, 1.165) is 81.6 Å². The normalized spacial score (nSPS) is 17.9. The maximum atomic E-state index is 14.8. The van der Waals surface area contributed by atoms with E-state index in [0.29, 0.717) is 121 Å². The summed E-state index contributed by atoms with van der Waals surface area (Å²) < 4.78 is 98.8. The molecule has 3 amide bonds. The van der Waals surface area contributed by atoms with E-state index < -0.39 is 64.4 Å². The minimum Gasteiger partial charge on any atom is -0.481 e. The summed E-state index contributed by atoms with van der Waals surface area (Å²) in [5.41, 5.74) is 3.78. The van der Waals surface area contributed by atoms with Crippen molar-refractivity contribution >= 4 is 77.4 Å². The summed E-state index contributed by atoms with van der Waals surface area (Å²) in [5.74, 6) is -7.44. The maximum Gasteiger partial charge on any atom is 0.410 e. The molecule has 0 bridgehead atoms. The number of benzene rings is 6. The molecule has 32 heteroatoms. The molecule has 12 rings (SSSR count). The van der Waals surface area contributed by atoms with Crippen LogP contribution in [0.3, 0.4) is 0 Å². The van der Waals surface area contributed by atoms with Crippen LogP contribution in [-0.2, 0) is 70.7 Å². The molecule has 6 aliphatic heterocycles. The zero-order valence-electron chi connectivity index (χ0n) is 74.6. The van der Waals surface area contributed by atoms with Crippen molar-refractivity contribution in [2.45, 2.75) is 145 Å². The molecule has 2 unspecified atom stereocenters. The van der Waals surface area contributed by atoms with Gasteiger partial charge >= 0.3 is 42.0 Å². The van der Waals surface area contributed by atoms with Gasteiger partial charge in [0.05, 0.1) is 77.6 Å². The third-order valence-electron chi connectivity index (χ3n) is 20.9. The number of halogens is 6. The molecule has 25 nitrogen and oxygen atoms in total. The number of likely N-dealkylation sites (tertiary alicyclic amines) is 2. The van der Waals surface area contributed by atoms with Gasteiger partial charge in [0, 0.05) is 199 Å². The summed E-state index contributed by atoms with van der Waals surface area (Å²) in [7, 11) is 0. The molecule has 124 heavy (non-hydrogen) atoms. The van der Waals surface area contributed by atoms with Crippen LogP contribution in [0.25, 0.3) is 0 Å². The number of ether oxygens (including phenoxy) is 6. The number of carboxylic acid groups (broad SMARTS) is 1. The third-order valence-corrected chi connectivity index (χ3v) is 20.9. The molecule has 6 fully saturated rings. The van der Waals surface area contributed by atoms with Crippen LogP contribution in [-0.4, -0.2) is 257 Å². The number of anilines is 3. The van der Waals surface area contributed by atoms with Crippen LogP contribution in [0.15, 0.2) is 133 Å². The SMILES string of the molecule is CC(C)(C)N1CC(C(=O)O)[C@H](c2ccc(F)cc2F)C1.CC(C)(C)OC(=O)N1CCNCC1.CCOC(=O)c1ccccc1F.CCOC(=O)c1ccccc1N1CCN(C(=O)C2CN(C(C)(C)C)C[C@H]2c2ccc(F)cc2F)CC1.CCOC(=O)c1ccccc1N1CCN(C(=O)OC(C)(C)C)CC1.CCOC(=O)c1ccccc1N1CCNCC1.Cl.[Y]. The van der Waals surface area contributed by atoms with Gasteiger partial charge < -0.3 is 73.6 Å². The number of nitrogens with zero attached hydrogens (tertiary/aromatic N) is 8. The second kappa shape index (κ2) is 49.8. The van der Waals surface area contributed by atoms with E-state index in [1.165, 1.54) is 42.5 Å². The number of nitrogens with one attached hydrogen (secondary N) is 2. The largest absolute Gasteiger partial charge is 0.481 e. The van der Waals surface area contributed by atoms with E-state index in [1.54, 1.807) is 48.8 Å². The maximum absolute atomic E-state index is 14.8. The first-order valence-electron chi connectivity index (χ1n) is 41.9. The second-order valence-electron chi connectivity index (χ2n) is 33.9. The Kier molecular flexibility index (Phi) is 42.3.